The number of fused-ring (bicyclic) bond motifs is 1. The van der Waals surface area contributed by atoms with Gasteiger partial charge in [-0.05, 0) is 49.2 Å². The minimum Gasteiger partial charge on any atom is -0.305 e. The maximum atomic E-state index is 13.3. The molecule has 1 N–H and O–H groups in total. The highest BCUT2D eigenvalue weighted by Crippen LogP contribution is 2.35. The van der Waals surface area contributed by atoms with Crippen LogP contribution in [-0.2, 0) is 0 Å². The van der Waals surface area contributed by atoms with Crippen molar-refractivity contribution in [1.29, 1.82) is 0 Å². The zero-order valence-electron chi connectivity index (χ0n) is 11.4. The molecule has 2 heterocycles. The quantitative estimate of drug-likeness (QED) is 0.706. The molecular weight excluding hydrogens is 289 g/mol. The van der Waals surface area contributed by atoms with Crippen LogP contribution in [0.4, 0.5) is 4.39 Å². The second-order valence-electron chi connectivity index (χ2n) is 4.77. The number of halogens is 1. The lowest BCUT2D eigenvalue weighted by Gasteiger charge is -2.14. The molecule has 1 nitrogen and oxygen atoms in total. The minimum absolute atomic E-state index is 0.169. The number of benzene rings is 1. The van der Waals surface area contributed by atoms with Crippen molar-refractivity contribution >= 4 is 32.8 Å². The molecular formula is C16H16FNS2. The predicted octanol–water partition coefficient (Wildman–Crippen LogP) is 5.11. The van der Waals surface area contributed by atoms with E-state index in [1.165, 1.54) is 20.7 Å². The second-order valence-corrected chi connectivity index (χ2v) is 7.20. The van der Waals surface area contributed by atoms with Crippen LogP contribution in [0.15, 0.2) is 36.4 Å². The summed E-state index contributed by atoms with van der Waals surface area (Å²) in [5.41, 5.74) is 0. The molecule has 0 aliphatic rings. The van der Waals surface area contributed by atoms with Gasteiger partial charge >= 0.3 is 0 Å². The van der Waals surface area contributed by atoms with Gasteiger partial charge in [-0.25, -0.2) is 4.39 Å². The molecule has 1 atom stereocenters. The number of hydrogen-bond acceptors (Lipinski definition) is 3. The molecule has 0 aliphatic heterocycles. The van der Waals surface area contributed by atoms with Gasteiger partial charge in [-0.1, -0.05) is 13.0 Å². The Morgan fingerprint density at radius 1 is 1.10 bits per heavy atom. The van der Waals surface area contributed by atoms with Crippen LogP contribution in [0.25, 0.3) is 10.1 Å². The molecule has 4 heteroatoms. The zero-order valence-corrected chi connectivity index (χ0v) is 13.1. The molecule has 1 aromatic carbocycles. The first-order valence-corrected chi connectivity index (χ1v) is 8.29. The van der Waals surface area contributed by atoms with Crippen molar-refractivity contribution in [1.82, 2.24) is 5.32 Å². The van der Waals surface area contributed by atoms with Crippen molar-refractivity contribution in [2.75, 3.05) is 6.54 Å². The topological polar surface area (TPSA) is 12.0 Å². The van der Waals surface area contributed by atoms with E-state index in [1.807, 2.05) is 17.4 Å². The Bertz CT molecular complexity index is 729. The van der Waals surface area contributed by atoms with Gasteiger partial charge in [0.2, 0.25) is 0 Å². The van der Waals surface area contributed by atoms with Crippen molar-refractivity contribution in [3.8, 4) is 0 Å². The van der Waals surface area contributed by atoms with Crippen LogP contribution >= 0.6 is 22.7 Å². The maximum absolute atomic E-state index is 13.3. The SMILES string of the molecule is CCNC(c1ccc(C)s1)c1cc2ccc(F)cc2s1. The summed E-state index contributed by atoms with van der Waals surface area (Å²) in [6.45, 7) is 5.14. The average Bonchev–Trinajstić information content (AvgIpc) is 3.01. The summed E-state index contributed by atoms with van der Waals surface area (Å²) in [4.78, 5) is 3.88. The molecule has 0 spiro atoms. The zero-order chi connectivity index (χ0) is 14.1. The van der Waals surface area contributed by atoms with Crippen molar-refractivity contribution in [3.05, 3.63) is 56.8 Å². The van der Waals surface area contributed by atoms with Crippen LogP contribution in [0.2, 0.25) is 0 Å². The van der Waals surface area contributed by atoms with Crippen LogP contribution in [-0.4, -0.2) is 6.54 Å². The van der Waals surface area contributed by atoms with Gasteiger partial charge in [-0.15, -0.1) is 22.7 Å². The second kappa shape index (κ2) is 5.64. The van der Waals surface area contributed by atoms with Gasteiger partial charge < -0.3 is 5.32 Å². The van der Waals surface area contributed by atoms with E-state index in [-0.39, 0.29) is 11.9 Å². The van der Waals surface area contributed by atoms with Gasteiger partial charge in [-0.2, -0.15) is 0 Å². The van der Waals surface area contributed by atoms with Crippen molar-refractivity contribution in [3.63, 3.8) is 0 Å². The fraction of sp³-hybridized carbons (Fsp3) is 0.250. The van der Waals surface area contributed by atoms with Gasteiger partial charge in [0.05, 0.1) is 6.04 Å². The molecule has 0 amide bonds. The van der Waals surface area contributed by atoms with E-state index >= 15 is 0 Å². The monoisotopic (exact) mass is 305 g/mol. The summed E-state index contributed by atoms with van der Waals surface area (Å²) in [6, 6.07) is 11.7. The van der Waals surface area contributed by atoms with Crippen LogP contribution in [0.3, 0.4) is 0 Å². The van der Waals surface area contributed by atoms with Gasteiger partial charge in [0.1, 0.15) is 5.82 Å². The molecule has 0 saturated heterocycles. The Kier molecular flexibility index (Phi) is 3.87. The number of nitrogens with one attached hydrogen (secondary N) is 1. The Labute approximate surface area is 126 Å². The van der Waals surface area contributed by atoms with Crippen LogP contribution in [0.5, 0.6) is 0 Å². The fourth-order valence-corrected chi connectivity index (χ4v) is 4.55. The van der Waals surface area contributed by atoms with Crippen molar-refractivity contribution in [2.24, 2.45) is 0 Å². The largest absolute Gasteiger partial charge is 0.305 e. The van der Waals surface area contributed by atoms with E-state index in [4.69, 9.17) is 0 Å². The van der Waals surface area contributed by atoms with E-state index in [0.29, 0.717) is 0 Å². The molecule has 2 aromatic heterocycles. The first kappa shape index (κ1) is 13.7. The smallest absolute Gasteiger partial charge is 0.124 e. The Morgan fingerprint density at radius 3 is 2.65 bits per heavy atom. The lowest BCUT2D eigenvalue weighted by Crippen LogP contribution is -2.19. The Balaban J connectivity index is 2.04. The first-order valence-electron chi connectivity index (χ1n) is 6.66. The molecule has 1 unspecified atom stereocenters. The summed E-state index contributed by atoms with van der Waals surface area (Å²) in [7, 11) is 0. The molecule has 0 bridgehead atoms. The van der Waals surface area contributed by atoms with E-state index in [9.17, 15) is 4.39 Å². The van der Waals surface area contributed by atoms with E-state index in [2.05, 4.69) is 37.4 Å². The fourth-order valence-electron chi connectivity index (χ4n) is 2.32. The number of thiophene rings is 2. The highest BCUT2D eigenvalue weighted by molar-refractivity contribution is 7.19. The van der Waals surface area contributed by atoms with Gasteiger partial charge in [0.15, 0.2) is 0 Å². The Morgan fingerprint density at radius 2 is 1.95 bits per heavy atom. The third kappa shape index (κ3) is 2.64. The van der Waals surface area contributed by atoms with E-state index in [0.717, 1.165) is 16.6 Å². The van der Waals surface area contributed by atoms with Crippen LogP contribution in [0, 0.1) is 12.7 Å². The van der Waals surface area contributed by atoms with Gasteiger partial charge in [0, 0.05) is 19.3 Å². The summed E-state index contributed by atoms with van der Waals surface area (Å²) in [5, 5.41) is 4.64. The van der Waals surface area contributed by atoms with E-state index < -0.39 is 0 Å². The third-order valence-corrected chi connectivity index (χ3v) is 5.47. The molecule has 0 saturated carbocycles. The lowest BCUT2D eigenvalue weighted by molar-refractivity contribution is 0.630. The summed E-state index contributed by atoms with van der Waals surface area (Å²) in [5.74, 6) is -0.169. The van der Waals surface area contributed by atoms with Crippen LogP contribution in [0.1, 0.15) is 27.6 Å². The van der Waals surface area contributed by atoms with E-state index in [1.54, 1.807) is 17.4 Å². The summed E-state index contributed by atoms with van der Waals surface area (Å²) in [6.07, 6.45) is 0. The molecule has 0 fully saturated rings. The normalized spacial score (nSPS) is 12.9. The molecule has 3 aromatic rings. The van der Waals surface area contributed by atoms with Gasteiger partial charge in [0.25, 0.3) is 0 Å². The summed E-state index contributed by atoms with van der Waals surface area (Å²) >= 11 is 3.48. The maximum Gasteiger partial charge on any atom is 0.124 e. The molecule has 104 valence electrons. The molecule has 0 radical (unpaired) electrons. The van der Waals surface area contributed by atoms with Crippen molar-refractivity contribution < 1.29 is 4.39 Å². The molecule has 3 rings (SSSR count). The van der Waals surface area contributed by atoms with Crippen molar-refractivity contribution in [2.45, 2.75) is 19.9 Å². The minimum atomic E-state index is -0.169. The standard InChI is InChI=1S/C16H16FNS2/c1-3-18-16(13-7-4-10(2)19-13)15-8-11-5-6-12(17)9-14(11)20-15/h4-9,16,18H,3H2,1-2H3. The first-order chi connectivity index (χ1) is 9.67. The molecule has 0 aliphatic carbocycles. The van der Waals surface area contributed by atoms with Gasteiger partial charge in [-0.3, -0.25) is 0 Å². The number of aryl methyl sites for hydroxylation is 1. The van der Waals surface area contributed by atoms with Crippen LogP contribution < -0.4 is 5.32 Å². The highest BCUT2D eigenvalue weighted by atomic mass is 32.1. The number of hydrogen-bond donors (Lipinski definition) is 1. The average molecular weight is 305 g/mol. The highest BCUT2D eigenvalue weighted by Gasteiger charge is 2.17. The lowest BCUT2D eigenvalue weighted by atomic mass is 10.1. The summed E-state index contributed by atoms with van der Waals surface area (Å²) < 4.78 is 14.3. The Hall–Kier alpha value is -1.23. The molecule has 20 heavy (non-hydrogen) atoms. The predicted molar refractivity (Wildman–Crippen MR) is 86.4 cm³/mol. The number of rotatable bonds is 4. The third-order valence-electron chi connectivity index (χ3n) is 3.24.